The van der Waals surface area contributed by atoms with Crippen LogP contribution in [0.2, 0.25) is 0 Å². The SMILES string of the molecule is O=C(Nc1ccccc1Br)[C@@H]1CCCO1. The van der Waals surface area contributed by atoms with E-state index in [1.807, 2.05) is 24.3 Å². The highest BCUT2D eigenvalue weighted by Crippen LogP contribution is 2.22. The largest absolute Gasteiger partial charge is 0.368 e. The quantitative estimate of drug-likeness (QED) is 0.896. The Hall–Kier alpha value is -0.870. The van der Waals surface area contributed by atoms with Gasteiger partial charge in [-0.15, -0.1) is 0 Å². The van der Waals surface area contributed by atoms with Crippen LogP contribution in [0.15, 0.2) is 28.7 Å². The summed E-state index contributed by atoms with van der Waals surface area (Å²) in [4.78, 5) is 11.7. The van der Waals surface area contributed by atoms with Gasteiger partial charge in [0.05, 0.1) is 5.69 Å². The summed E-state index contributed by atoms with van der Waals surface area (Å²) in [6.07, 6.45) is 1.50. The third kappa shape index (κ3) is 2.58. The third-order valence-electron chi connectivity index (χ3n) is 2.35. The van der Waals surface area contributed by atoms with Gasteiger partial charge in [0.2, 0.25) is 0 Å². The number of ether oxygens (including phenoxy) is 1. The lowest BCUT2D eigenvalue weighted by molar-refractivity contribution is -0.124. The number of anilines is 1. The molecule has 1 amide bonds. The van der Waals surface area contributed by atoms with Crippen molar-refractivity contribution in [3.05, 3.63) is 28.7 Å². The summed E-state index contributed by atoms with van der Waals surface area (Å²) >= 11 is 3.38. The van der Waals surface area contributed by atoms with Crippen molar-refractivity contribution in [1.29, 1.82) is 0 Å². The van der Waals surface area contributed by atoms with Gasteiger partial charge in [0.15, 0.2) is 0 Å². The van der Waals surface area contributed by atoms with Crippen LogP contribution in [0.5, 0.6) is 0 Å². The summed E-state index contributed by atoms with van der Waals surface area (Å²) in [5.74, 6) is -0.0561. The van der Waals surface area contributed by atoms with Crippen LogP contribution in [0.4, 0.5) is 5.69 Å². The Morgan fingerprint density at radius 1 is 1.47 bits per heavy atom. The van der Waals surface area contributed by atoms with E-state index in [2.05, 4.69) is 21.2 Å². The van der Waals surface area contributed by atoms with E-state index >= 15 is 0 Å². The van der Waals surface area contributed by atoms with Crippen LogP contribution in [-0.2, 0) is 9.53 Å². The molecule has 0 unspecified atom stereocenters. The van der Waals surface area contributed by atoms with Gasteiger partial charge in [-0.1, -0.05) is 12.1 Å². The lowest BCUT2D eigenvalue weighted by atomic mass is 10.2. The van der Waals surface area contributed by atoms with Gasteiger partial charge in [-0.2, -0.15) is 0 Å². The number of hydrogen-bond donors (Lipinski definition) is 1. The highest BCUT2D eigenvalue weighted by Gasteiger charge is 2.23. The van der Waals surface area contributed by atoms with Gasteiger partial charge in [0, 0.05) is 11.1 Å². The van der Waals surface area contributed by atoms with Gasteiger partial charge in [-0.3, -0.25) is 4.79 Å². The first-order chi connectivity index (χ1) is 7.27. The van der Waals surface area contributed by atoms with E-state index in [4.69, 9.17) is 4.74 Å². The predicted octanol–water partition coefficient (Wildman–Crippen LogP) is 2.57. The summed E-state index contributed by atoms with van der Waals surface area (Å²) in [6.45, 7) is 0.689. The van der Waals surface area contributed by atoms with E-state index in [0.717, 1.165) is 23.0 Å². The zero-order valence-electron chi connectivity index (χ0n) is 8.20. The molecule has 1 aliphatic rings. The van der Waals surface area contributed by atoms with Crippen molar-refractivity contribution in [2.45, 2.75) is 18.9 Å². The fraction of sp³-hybridized carbons (Fsp3) is 0.364. The van der Waals surface area contributed by atoms with E-state index in [0.29, 0.717) is 6.61 Å². The number of carbonyl (C=O) groups is 1. The minimum absolute atomic E-state index is 0.0561. The van der Waals surface area contributed by atoms with Gasteiger partial charge in [-0.25, -0.2) is 0 Å². The number of hydrogen-bond acceptors (Lipinski definition) is 2. The van der Waals surface area contributed by atoms with E-state index in [1.165, 1.54) is 0 Å². The lowest BCUT2D eigenvalue weighted by Gasteiger charge is -2.11. The summed E-state index contributed by atoms with van der Waals surface area (Å²) in [5.41, 5.74) is 0.790. The maximum absolute atomic E-state index is 11.7. The fourth-order valence-corrected chi connectivity index (χ4v) is 1.94. The summed E-state index contributed by atoms with van der Waals surface area (Å²) < 4.78 is 6.18. The van der Waals surface area contributed by atoms with Gasteiger partial charge in [0.25, 0.3) is 5.91 Å². The van der Waals surface area contributed by atoms with Crippen LogP contribution >= 0.6 is 15.9 Å². The van der Waals surface area contributed by atoms with Crippen molar-refractivity contribution < 1.29 is 9.53 Å². The van der Waals surface area contributed by atoms with Gasteiger partial charge >= 0.3 is 0 Å². The Morgan fingerprint density at radius 2 is 2.27 bits per heavy atom. The molecule has 1 heterocycles. The Bertz CT molecular complexity index is 361. The highest BCUT2D eigenvalue weighted by atomic mass is 79.9. The molecule has 4 heteroatoms. The molecule has 1 saturated heterocycles. The molecule has 1 aromatic rings. The highest BCUT2D eigenvalue weighted by molar-refractivity contribution is 9.10. The van der Waals surface area contributed by atoms with Crippen molar-refractivity contribution in [3.63, 3.8) is 0 Å². The zero-order chi connectivity index (χ0) is 10.7. The monoisotopic (exact) mass is 269 g/mol. The summed E-state index contributed by atoms with van der Waals surface area (Å²) in [5, 5.41) is 2.84. The Labute approximate surface area is 96.9 Å². The molecule has 3 nitrogen and oxygen atoms in total. The number of nitrogens with one attached hydrogen (secondary N) is 1. The topological polar surface area (TPSA) is 38.3 Å². The first-order valence-electron chi connectivity index (χ1n) is 4.94. The number of carbonyl (C=O) groups excluding carboxylic acids is 1. The molecule has 0 radical (unpaired) electrons. The first-order valence-corrected chi connectivity index (χ1v) is 5.73. The number of benzene rings is 1. The van der Waals surface area contributed by atoms with Crippen LogP contribution in [0.3, 0.4) is 0 Å². The van der Waals surface area contributed by atoms with Crippen LogP contribution in [0.25, 0.3) is 0 Å². The van der Waals surface area contributed by atoms with Crippen LogP contribution in [-0.4, -0.2) is 18.6 Å². The molecule has 1 aromatic carbocycles. The molecule has 0 spiro atoms. The van der Waals surface area contributed by atoms with Crippen LogP contribution < -0.4 is 5.32 Å². The molecule has 0 saturated carbocycles. The number of para-hydroxylation sites is 1. The Morgan fingerprint density at radius 3 is 2.93 bits per heavy atom. The average molecular weight is 270 g/mol. The lowest BCUT2D eigenvalue weighted by Crippen LogP contribution is -2.26. The first kappa shape index (κ1) is 10.6. The molecule has 1 fully saturated rings. The summed E-state index contributed by atoms with van der Waals surface area (Å²) in [7, 11) is 0. The molecule has 80 valence electrons. The average Bonchev–Trinajstić information content (AvgIpc) is 2.74. The van der Waals surface area contributed by atoms with Gasteiger partial charge in [-0.05, 0) is 40.9 Å². The van der Waals surface area contributed by atoms with E-state index in [9.17, 15) is 4.79 Å². The van der Waals surface area contributed by atoms with Crippen LogP contribution in [0, 0.1) is 0 Å². The Kier molecular flexibility index (Phi) is 3.38. The minimum atomic E-state index is -0.280. The standard InChI is InChI=1S/C11H12BrNO2/c12-8-4-1-2-5-9(8)13-11(14)10-6-3-7-15-10/h1-2,4-5,10H,3,6-7H2,(H,13,14)/t10-/m0/s1. The molecule has 0 aliphatic carbocycles. The van der Waals surface area contributed by atoms with Crippen molar-refractivity contribution in [2.75, 3.05) is 11.9 Å². The van der Waals surface area contributed by atoms with E-state index in [1.54, 1.807) is 0 Å². The minimum Gasteiger partial charge on any atom is -0.368 e. The number of halogens is 1. The molecular weight excluding hydrogens is 258 g/mol. The molecule has 15 heavy (non-hydrogen) atoms. The predicted molar refractivity (Wildman–Crippen MR) is 61.7 cm³/mol. The van der Waals surface area contributed by atoms with Crippen molar-refractivity contribution >= 4 is 27.5 Å². The molecule has 1 aliphatic heterocycles. The van der Waals surface area contributed by atoms with Gasteiger partial charge < -0.3 is 10.1 Å². The second-order valence-corrected chi connectivity index (χ2v) is 4.33. The third-order valence-corrected chi connectivity index (χ3v) is 3.05. The van der Waals surface area contributed by atoms with E-state index in [-0.39, 0.29) is 12.0 Å². The second kappa shape index (κ2) is 4.77. The molecule has 0 aromatic heterocycles. The molecule has 1 N–H and O–H groups in total. The van der Waals surface area contributed by atoms with Crippen molar-refractivity contribution in [1.82, 2.24) is 0 Å². The molecule has 0 bridgehead atoms. The molecule has 2 rings (SSSR count). The van der Waals surface area contributed by atoms with Crippen molar-refractivity contribution in [2.24, 2.45) is 0 Å². The van der Waals surface area contributed by atoms with Crippen molar-refractivity contribution in [3.8, 4) is 0 Å². The summed E-state index contributed by atoms with van der Waals surface area (Å²) in [6, 6.07) is 7.55. The maximum Gasteiger partial charge on any atom is 0.253 e. The maximum atomic E-state index is 11.7. The van der Waals surface area contributed by atoms with E-state index < -0.39 is 0 Å². The fourth-order valence-electron chi connectivity index (χ4n) is 1.56. The molecular formula is C11H12BrNO2. The Balaban J connectivity index is 2.02. The number of rotatable bonds is 2. The second-order valence-electron chi connectivity index (χ2n) is 3.47. The molecule has 1 atom stereocenters. The zero-order valence-corrected chi connectivity index (χ0v) is 9.79. The van der Waals surface area contributed by atoms with Gasteiger partial charge in [0.1, 0.15) is 6.10 Å². The van der Waals surface area contributed by atoms with Crippen LogP contribution in [0.1, 0.15) is 12.8 Å². The smallest absolute Gasteiger partial charge is 0.253 e. The number of amides is 1. The normalized spacial score (nSPS) is 20.2.